The van der Waals surface area contributed by atoms with Crippen molar-refractivity contribution in [3.8, 4) is 0 Å². The molecule has 0 aliphatic heterocycles. The number of rotatable bonds is 44. The normalized spacial score (nSPS) is 12.0. The molecule has 0 aliphatic carbocycles. The van der Waals surface area contributed by atoms with E-state index in [1.54, 1.807) is 0 Å². The second kappa shape index (κ2) is 39.0. The molecule has 356 valence electrons. The first kappa shape index (κ1) is 55.8. The number of carbonyl (C=O) groups is 1. The van der Waals surface area contributed by atoms with Gasteiger partial charge in [-0.2, -0.15) is 0 Å². The topological polar surface area (TPSA) is 137 Å². The van der Waals surface area contributed by atoms with Crippen molar-refractivity contribution in [3.63, 3.8) is 0 Å². The van der Waals surface area contributed by atoms with Crippen molar-refractivity contribution >= 4 is 24.7 Å². The van der Waals surface area contributed by atoms with Crippen molar-refractivity contribution in [1.29, 1.82) is 0 Å². The summed E-state index contributed by atoms with van der Waals surface area (Å²) in [6.45, 7) is 20.4. The van der Waals surface area contributed by atoms with Crippen LogP contribution in [0, 0.1) is 0 Å². The lowest BCUT2D eigenvalue weighted by Gasteiger charge is -2.43. The molecule has 14 nitrogen and oxygen atoms in total. The van der Waals surface area contributed by atoms with Crippen LogP contribution in [0.5, 0.6) is 0 Å². The van der Waals surface area contributed by atoms with Crippen LogP contribution in [0.25, 0.3) is 0 Å². The number of hydrogen-bond acceptors (Lipinski definition) is 14. The lowest BCUT2D eigenvalue weighted by Crippen LogP contribution is -2.66. The number of hydrogen-bond donors (Lipinski definition) is 0. The number of esters is 1. The van der Waals surface area contributed by atoms with Crippen LogP contribution in [0.15, 0.2) is 60.7 Å². The first-order valence-electron chi connectivity index (χ1n) is 22.7. The molecule has 0 bridgehead atoms. The molecule has 0 N–H and O–H groups in total. The molecule has 2 aromatic rings. The van der Waals surface area contributed by atoms with E-state index in [1.165, 1.54) is 10.4 Å². The van der Waals surface area contributed by atoms with Crippen LogP contribution in [0.4, 0.5) is 0 Å². The fourth-order valence-corrected chi connectivity index (χ4v) is 10.8. The van der Waals surface area contributed by atoms with Crippen LogP contribution in [-0.2, 0) is 66.1 Å². The third kappa shape index (κ3) is 27.7. The van der Waals surface area contributed by atoms with Crippen molar-refractivity contribution in [2.75, 3.05) is 159 Å². The molecule has 0 unspecified atom stereocenters. The van der Waals surface area contributed by atoms with Gasteiger partial charge in [0.2, 0.25) is 0 Å². The van der Waals surface area contributed by atoms with Crippen LogP contribution < -0.4 is 10.4 Å². The summed E-state index contributed by atoms with van der Waals surface area (Å²) < 4.78 is 73.1. The van der Waals surface area contributed by atoms with Crippen molar-refractivity contribution < 1.29 is 66.1 Å². The van der Waals surface area contributed by atoms with E-state index in [4.69, 9.17) is 61.3 Å². The Labute approximate surface area is 373 Å². The van der Waals surface area contributed by atoms with E-state index in [0.717, 1.165) is 25.7 Å². The Morgan fingerprint density at radius 1 is 0.403 bits per heavy atom. The number of unbranched alkanes of at least 4 members (excludes halogenated alkanes) is 3. The second-order valence-corrected chi connectivity index (χ2v) is 19.6. The van der Waals surface area contributed by atoms with Gasteiger partial charge in [0, 0.05) is 6.42 Å². The molecule has 0 heterocycles. The van der Waals surface area contributed by atoms with E-state index < -0.39 is 8.32 Å². The molecule has 15 heteroatoms. The first-order chi connectivity index (χ1) is 30.4. The number of ether oxygens (including phenoxy) is 12. The third-order valence-electron chi connectivity index (χ3n) is 9.41. The minimum atomic E-state index is -2.55. The molecular weight excluding hydrogens is 817 g/mol. The average molecular weight is 897 g/mol. The Morgan fingerprint density at radius 3 is 0.984 bits per heavy atom. The van der Waals surface area contributed by atoms with E-state index in [0.29, 0.717) is 158 Å². The van der Waals surface area contributed by atoms with Crippen molar-refractivity contribution in [2.45, 2.75) is 64.8 Å². The van der Waals surface area contributed by atoms with E-state index in [2.05, 4.69) is 88.4 Å². The Morgan fingerprint density at radius 2 is 0.694 bits per heavy atom. The highest BCUT2D eigenvalue weighted by Gasteiger charge is 2.50. The first-order valence-corrected chi connectivity index (χ1v) is 24.6. The molecule has 0 radical (unpaired) electrons. The summed E-state index contributed by atoms with van der Waals surface area (Å²) in [5, 5.41) is 2.47. The van der Waals surface area contributed by atoms with Gasteiger partial charge >= 0.3 is 5.97 Å². The standard InChI is InChI=1S/C47H80O14Si/c1-5-6-7-14-19-46(48)60-42-40-58-38-36-56-34-32-54-30-28-52-26-24-50-22-20-49-21-23-51-25-27-53-29-31-55-33-35-57-37-39-59-41-43-61-62(47(2,3)4,44-15-10-8-11-16-44)45-17-12-9-13-18-45/h8-13,15-18H,5-7,14,19-43H2,1-4H3. The molecule has 2 aromatic carbocycles. The summed E-state index contributed by atoms with van der Waals surface area (Å²) in [5.74, 6) is -0.154. The SMILES string of the molecule is CCCCCCC(=O)OCCOCCOCCOCCOCCOCCOCCOCCOCCOCCOCCOCCO[Si](c1ccccc1)(c1ccccc1)C(C)(C)C. The second-order valence-electron chi connectivity index (χ2n) is 15.3. The number of carbonyl (C=O) groups excluding carboxylic acids is 1. The molecular formula is C47H80O14Si. The molecule has 62 heavy (non-hydrogen) atoms. The predicted molar refractivity (Wildman–Crippen MR) is 242 cm³/mol. The number of benzene rings is 2. The Kier molecular flexibility index (Phi) is 35.1. The average Bonchev–Trinajstić information content (AvgIpc) is 3.27. The highest BCUT2D eigenvalue weighted by Crippen LogP contribution is 2.36. The zero-order valence-corrected chi connectivity index (χ0v) is 39.5. The van der Waals surface area contributed by atoms with Crippen molar-refractivity contribution in [3.05, 3.63) is 60.7 Å². The van der Waals surface area contributed by atoms with Gasteiger partial charge in [-0.3, -0.25) is 4.79 Å². The highest BCUT2D eigenvalue weighted by atomic mass is 28.4. The summed E-state index contributed by atoms with van der Waals surface area (Å²) >= 11 is 0. The van der Waals surface area contributed by atoms with Gasteiger partial charge in [-0.1, -0.05) is 108 Å². The largest absolute Gasteiger partial charge is 0.463 e. The van der Waals surface area contributed by atoms with Gasteiger partial charge in [0.25, 0.3) is 8.32 Å². The fraction of sp³-hybridized carbons (Fsp3) is 0.723. The van der Waals surface area contributed by atoms with Gasteiger partial charge in [-0.05, 0) is 21.8 Å². The van der Waals surface area contributed by atoms with Crippen LogP contribution >= 0.6 is 0 Å². The van der Waals surface area contributed by atoms with Gasteiger partial charge in [0.1, 0.15) is 6.61 Å². The van der Waals surface area contributed by atoms with Crippen molar-refractivity contribution in [1.82, 2.24) is 0 Å². The third-order valence-corrected chi connectivity index (χ3v) is 14.5. The zero-order valence-electron chi connectivity index (χ0n) is 38.5. The minimum absolute atomic E-state index is 0.0616. The Bertz CT molecular complexity index is 1230. The van der Waals surface area contributed by atoms with E-state index in [1.807, 2.05) is 0 Å². The van der Waals surface area contributed by atoms with Gasteiger partial charge < -0.3 is 61.3 Å². The van der Waals surface area contributed by atoms with Crippen LogP contribution in [0.1, 0.15) is 59.8 Å². The predicted octanol–water partition coefficient (Wildman–Crippen LogP) is 5.26. The monoisotopic (exact) mass is 897 g/mol. The molecule has 0 saturated heterocycles. The van der Waals surface area contributed by atoms with Gasteiger partial charge in [0.05, 0.1) is 152 Å². The van der Waals surface area contributed by atoms with Gasteiger partial charge in [-0.25, -0.2) is 0 Å². The van der Waals surface area contributed by atoms with Crippen LogP contribution in [0.3, 0.4) is 0 Å². The van der Waals surface area contributed by atoms with Gasteiger partial charge in [-0.15, -0.1) is 0 Å². The molecule has 2 rings (SSSR count). The maximum atomic E-state index is 11.6. The summed E-state index contributed by atoms with van der Waals surface area (Å²) in [6.07, 6.45) is 4.75. The molecule has 0 saturated carbocycles. The maximum Gasteiger partial charge on any atom is 0.305 e. The molecule has 0 aromatic heterocycles. The lowest BCUT2D eigenvalue weighted by atomic mass is 10.2. The molecule has 0 fully saturated rings. The fourth-order valence-electron chi connectivity index (χ4n) is 6.30. The van der Waals surface area contributed by atoms with E-state index >= 15 is 0 Å². The Hall–Kier alpha value is -2.35. The lowest BCUT2D eigenvalue weighted by molar-refractivity contribution is -0.145. The Balaban J connectivity index is 1.25. The summed E-state index contributed by atoms with van der Waals surface area (Å²) in [4.78, 5) is 11.6. The molecule has 0 spiro atoms. The van der Waals surface area contributed by atoms with E-state index in [9.17, 15) is 4.79 Å². The summed E-state index contributed by atoms with van der Waals surface area (Å²) in [6, 6.07) is 21.3. The molecule has 0 atom stereocenters. The highest BCUT2D eigenvalue weighted by molar-refractivity contribution is 6.99. The van der Waals surface area contributed by atoms with Crippen LogP contribution in [0.2, 0.25) is 5.04 Å². The molecule has 0 aliphatic rings. The summed E-state index contributed by atoms with van der Waals surface area (Å²) in [7, 11) is -2.55. The quantitative estimate of drug-likeness (QED) is 0.0486. The van der Waals surface area contributed by atoms with Gasteiger partial charge in [0.15, 0.2) is 0 Å². The van der Waals surface area contributed by atoms with E-state index in [-0.39, 0.29) is 17.6 Å². The smallest absolute Gasteiger partial charge is 0.305 e. The van der Waals surface area contributed by atoms with Crippen molar-refractivity contribution in [2.24, 2.45) is 0 Å². The summed E-state index contributed by atoms with van der Waals surface area (Å²) in [5.41, 5.74) is 0. The maximum absolute atomic E-state index is 11.6. The van der Waals surface area contributed by atoms with Crippen LogP contribution in [-0.4, -0.2) is 173 Å². The minimum Gasteiger partial charge on any atom is -0.463 e. The zero-order chi connectivity index (χ0) is 44.5. The molecule has 0 amide bonds.